The molecule has 162 valence electrons. The molecule has 2 aliphatic rings. The van der Waals surface area contributed by atoms with Crippen LogP contribution in [0.4, 0.5) is 30.3 Å². The molecule has 2 aliphatic heterocycles. The minimum Gasteiger partial charge on any atom is -0.453 e. The van der Waals surface area contributed by atoms with Gasteiger partial charge in [-0.25, -0.2) is 23.8 Å². The molecule has 2 fully saturated rings. The number of benzene rings is 1. The molecule has 11 heteroatoms. The summed E-state index contributed by atoms with van der Waals surface area (Å²) >= 11 is 0. The van der Waals surface area contributed by atoms with Crippen molar-refractivity contribution >= 4 is 29.8 Å². The number of cyclic esters (lactones) is 2. The molecule has 10 nitrogen and oxygen atoms in total. The van der Waals surface area contributed by atoms with Crippen LogP contribution in [0.25, 0.3) is 11.1 Å². The standard InChI is InChI=1S/C20H19FN4O6/c1-29-18(26)23-10-14-11-25(20(28)31-14)13-3-4-15(16(21)8-13)12-2-5-17(22-9-12)24-6-7-30-19(24)27/h2-5,8-9,14H,6-7,10-11H2,1H3,(H,23,26)/t14-/m0/s1. The number of carbonyl (C=O) groups is 3. The van der Waals surface area contributed by atoms with Crippen LogP contribution in [-0.2, 0) is 14.2 Å². The van der Waals surface area contributed by atoms with Crippen molar-refractivity contribution in [2.45, 2.75) is 6.10 Å². The van der Waals surface area contributed by atoms with Gasteiger partial charge in [0.2, 0.25) is 0 Å². The molecule has 4 rings (SSSR count). The number of carbonyl (C=O) groups excluding carboxylic acids is 3. The fraction of sp³-hybridized carbons (Fsp3) is 0.300. The Morgan fingerprint density at radius 3 is 2.74 bits per heavy atom. The Hall–Kier alpha value is -3.89. The van der Waals surface area contributed by atoms with Gasteiger partial charge >= 0.3 is 18.3 Å². The van der Waals surface area contributed by atoms with Crippen LogP contribution in [0, 0.1) is 5.82 Å². The minimum atomic E-state index is -0.633. The molecule has 1 aromatic heterocycles. The van der Waals surface area contributed by atoms with Gasteiger partial charge in [-0.3, -0.25) is 9.80 Å². The minimum absolute atomic E-state index is 0.0814. The van der Waals surface area contributed by atoms with Crippen LogP contribution in [0.5, 0.6) is 0 Å². The lowest BCUT2D eigenvalue weighted by Gasteiger charge is -2.15. The van der Waals surface area contributed by atoms with Gasteiger partial charge in [0.15, 0.2) is 0 Å². The quantitative estimate of drug-likeness (QED) is 0.726. The molecule has 0 saturated carbocycles. The van der Waals surface area contributed by atoms with Gasteiger partial charge in [-0.1, -0.05) is 0 Å². The number of anilines is 2. The number of rotatable bonds is 5. The first-order chi connectivity index (χ1) is 15.0. The van der Waals surface area contributed by atoms with E-state index in [1.54, 1.807) is 24.3 Å². The third-order valence-corrected chi connectivity index (χ3v) is 4.89. The van der Waals surface area contributed by atoms with Crippen molar-refractivity contribution in [2.75, 3.05) is 43.2 Å². The summed E-state index contributed by atoms with van der Waals surface area (Å²) in [5.74, 6) is -0.119. The predicted octanol–water partition coefficient (Wildman–Crippen LogP) is 2.53. The van der Waals surface area contributed by atoms with Crippen LogP contribution < -0.4 is 15.1 Å². The smallest absolute Gasteiger partial charge is 0.415 e. The molecule has 0 bridgehead atoms. The van der Waals surface area contributed by atoms with Gasteiger partial charge in [-0.15, -0.1) is 0 Å². The first-order valence-electron chi connectivity index (χ1n) is 9.46. The lowest BCUT2D eigenvalue weighted by Crippen LogP contribution is -2.34. The van der Waals surface area contributed by atoms with E-state index in [0.29, 0.717) is 35.8 Å². The van der Waals surface area contributed by atoms with E-state index in [4.69, 9.17) is 9.47 Å². The molecule has 0 unspecified atom stereocenters. The zero-order valence-electron chi connectivity index (χ0n) is 16.5. The molecule has 0 aliphatic carbocycles. The first-order valence-corrected chi connectivity index (χ1v) is 9.46. The Labute approximate surface area is 176 Å². The van der Waals surface area contributed by atoms with Gasteiger partial charge in [0, 0.05) is 17.3 Å². The van der Waals surface area contributed by atoms with E-state index < -0.39 is 30.2 Å². The largest absolute Gasteiger partial charge is 0.453 e. The van der Waals surface area contributed by atoms with Crippen molar-refractivity contribution in [2.24, 2.45) is 0 Å². The van der Waals surface area contributed by atoms with E-state index in [9.17, 15) is 18.8 Å². The van der Waals surface area contributed by atoms with Crippen LogP contribution in [0.15, 0.2) is 36.5 Å². The summed E-state index contributed by atoms with van der Waals surface area (Å²) in [5, 5.41) is 2.46. The van der Waals surface area contributed by atoms with Crippen molar-refractivity contribution in [1.82, 2.24) is 10.3 Å². The topological polar surface area (TPSA) is 110 Å². The lowest BCUT2D eigenvalue weighted by molar-refractivity contribution is 0.132. The molecular formula is C20H19FN4O6. The van der Waals surface area contributed by atoms with Crippen molar-refractivity contribution in [1.29, 1.82) is 0 Å². The van der Waals surface area contributed by atoms with E-state index >= 15 is 0 Å². The maximum atomic E-state index is 14.8. The third kappa shape index (κ3) is 4.20. The number of hydrogen-bond donors (Lipinski definition) is 1. The number of hydrogen-bond acceptors (Lipinski definition) is 7. The van der Waals surface area contributed by atoms with Gasteiger partial charge in [0.1, 0.15) is 24.3 Å². The van der Waals surface area contributed by atoms with Gasteiger partial charge in [-0.2, -0.15) is 0 Å². The molecule has 1 N–H and O–H groups in total. The molecule has 3 amide bonds. The van der Waals surface area contributed by atoms with Crippen LogP contribution >= 0.6 is 0 Å². The molecule has 0 radical (unpaired) electrons. The van der Waals surface area contributed by atoms with Crippen molar-refractivity contribution in [3.8, 4) is 11.1 Å². The van der Waals surface area contributed by atoms with E-state index in [1.807, 2.05) is 0 Å². The molecule has 1 aromatic carbocycles. The molecule has 2 saturated heterocycles. The second kappa shape index (κ2) is 8.46. The fourth-order valence-corrected chi connectivity index (χ4v) is 3.32. The first kappa shape index (κ1) is 20.4. The summed E-state index contributed by atoms with van der Waals surface area (Å²) in [6.07, 6.45) is -0.840. The number of aromatic nitrogens is 1. The van der Waals surface area contributed by atoms with Crippen molar-refractivity contribution in [3.63, 3.8) is 0 Å². The Bertz CT molecular complexity index is 1020. The maximum absolute atomic E-state index is 14.8. The van der Waals surface area contributed by atoms with Gasteiger partial charge in [0.25, 0.3) is 0 Å². The zero-order valence-corrected chi connectivity index (χ0v) is 16.5. The number of ether oxygens (including phenoxy) is 3. The van der Waals surface area contributed by atoms with Crippen LogP contribution in [0.3, 0.4) is 0 Å². The summed E-state index contributed by atoms with van der Waals surface area (Å²) in [6, 6.07) is 7.65. The summed E-state index contributed by atoms with van der Waals surface area (Å²) < 4.78 is 29.4. The van der Waals surface area contributed by atoms with Crippen LogP contribution in [0.2, 0.25) is 0 Å². The summed E-state index contributed by atoms with van der Waals surface area (Å²) in [5.41, 5.74) is 1.14. The number of halogens is 1. The second-order valence-electron chi connectivity index (χ2n) is 6.82. The number of nitrogens with zero attached hydrogens (tertiary/aromatic N) is 3. The average Bonchev–Trinajstić information content (AvgIpc) is 3.37. The number of pyridine rings is 1. The zero-order chi connectivity index (χ0) is 22.0. The normalized spacial score (nSPS) is 18.1. The monoisotopic (exact) mass is 430 g/mol. The average molecular weight is 430 g/mol. The Morgan fingerprint density at radius 1 is 1.26 bits per heavy atom. The highest BCUT2D eigenvalue weighted by Crippen LogP contribution is 2.29. The number of nitrogens with one attached hydrogen (secondary N) is 1. The van der Waals surface area contributed by atoms with E-state index in [1.165, 1.54) is 29.2 Å². The van der Waals surface area contributed by atoms with Gasteiger partial charge in [0.05, 0.1) is 32.4 Å². The summed E-state index contributed by atoms with van der Waals surface area (Å²) in [6.45, 7) is 0.953. The van der Waals surface area contributed by atoms with E-state index in [-0.39, 0.29) is 13.1 Å². The summed E-state index contributed by atoms with van der Waals surface area (Å²) in [7, 11) is 1.23. The highest BCUT2D eigenvalue weighted by molar-refractivity contribution is 5.90. The van der Waals surface area contributed by atoms with E-state index in [0.717, 1.165) is 0 Å². The molecular weight excluding hydrogens is 411 g/mol. The molecule has 3 heterocycles. The highest BCUT2D eigenvalue weighted by Gasteiger charge is 2.33. The molecule has 31 heavy (non-hydrogen) atoms. The predicted molar refractivity (Wildman–Crippen MR) is 106 cm³/mol. The van der Waals surface area contributed by atoms with Crippen molar-refractivity contribution in [3.05, 3.63) is 42.3 Å². The molecule has 0 spiro atoms. The summed E-state index contributed by atoms with van der Waals surface area (Å²) in [4.78, 5) is 41.8. The maximum Gasteiger partial charge on any atom is 0.415 e. The Morgan fingerprint density at radius 2 is 2.10 bits per heavy atom. The number of amides is 3. The lowest BCUT2D eigenvalue weighted by atomic mass is 10.1. The third-order valence-electron chi connectivity index (χ3n) is 4.89. The van der Waals surface area contributed by atoms with Crippen LogP contribution in [-0.4, -0.2) is 62.7 Å². The van der Waals surface area contributed by atoms with Crippen molar-refractivity contribution < 1.29 is 33.0 Å². The Balaban J connectivity index is 1.46. The van der Waals surface area contributed by atoms with Gasteiger partial charge in [-0.05, 0) is 30.3 Å². The van der Waals surface area contributed by atoms with Gasteiger partial charge < -0.3 is 19.5 Å². The molecule has 2 aromatic rings. The Kier molecular flexibility index (Phi) is 5.56. The van der Waals surface area contributed by atoms with E-state index in [2.05, 4.69) is 15.0 Å². The highest BCUT2D eigenvalue weighted by atomic mass is 19.1. The fourth-order valence-electron chi connectivity index (χ4n) is 3.32. The second-order valence-corrected chi connectivity index (χ2v) is 6.82. The van der Waals surface area contributed by atoms with Crippen LogP contribution in [0.1, 0.15) is 0 Å². The molecule has 1 atom stereocenters. The number of methoxy groups -OCH3 is 1. The SMILES string of the molecule is COC(=O)NC[C@H]1CN(c2ccc(-c3ccc(N4CCOC4=O)nc3)c(F)c2)C(=O)O1. The number of alkyl carbamates (subject to hydrolysis) is 1.